The molecule has 0 saturated carbocycles. The molecule has 0 saturated heterocycles. The topological polar surface area (TPSA) is 94.1 Å². The highest BCUT2D eigenvalue weighted by Crippen LogP contribution is 2.32. The fraction of sp³-hybridized carbons (Fsp3) is 0.333. The van der Waals surface area contributed by atoms with Crippen molar-refractivity contribution in [1.29, 1.82) is 0 Å². The second-order valence-corrected chi connectivity index (χ2v) is 4.57. The standard InChI is InChI=1S/C12H12F2N4O3/c1-6(2)17-9(5-19)15-16-12(17)10-7(13)3-4-8(11(10)14)18(20)21/h3-4,6,19H,5H2,1-2H3. The van der Waals surface area contributed by atoms with E-state index in [9.17, 15) is 24.0 Å². The van der Waals surface area contributed by atoms with E-state index in [-0.39, 0.29) is 17.7 Å². The number of halogens is 2. The summed E-state index contributed by atoms with van der Waals surface area (Å²) in [6.07, 6.45) is 0. The molecule has 1 aromatic carbocycles. The Labute approximate surface area is 118 Å². The summed E-state index contributed by atoms with van der Waals surface area (Å²) in [5, 5.41) is 27.2. The smallest absolute Gasteiger partial charge is 0.305 e. The van der Waals surface area contributed by atoms with E-state index in [4.69, 9.17) is 0 Å². The average molecular weight is 298 g/mol. The second-order valence-electron chi connectivity index (χ2n) is 4.57. The Hall–Kier alpha value is -2.42. The van der Waals surface area contributed by atoms with Gasteiger partial charge in [-0.05, 0) is 19.9 Å². The third-order valence-electron chi connectivity index (χ3n) is 2.92. The third kappa shape index (κ3) is 2.47. The molecule has 0 bridgehead atoms. The van der Waals surface area contributed by atoms with Gasteiger partial charge in [0.15, 0.2) is 11.6 Å². The summed E-state index contributed by atoms with van der Waals surface area (Å²) in [6.45, 7) is 2.95. The van der Waals surface area contributed by atoms with Crippen LogP contribution in [-0.4, -0.2) is 24.8 Å². The molecule has 0 radical (unpaired) electrons. The summed E-state index contributed by atoms with van der Waals surface area (Å²) in [6, 6.07) is 1.25. The Morgan fingerprint density at radius 3 is 2.57 bits per heavy atom. The van der Waals surface area contributed by atoms with Crippen LogP contribution in [0.4, 0.5) is 14.5 Å². The Bertz CT molecular complexity index is 700. The lowest BCUT2D eigenvalue weighted by molar-refractivity contribution is -0.387. The first-order valence-corrected chi connectivity index (χ1v) is 6.05. The van der Waals surface area contributed by atoms with Crippen LogP contribution in [0, 0.1) is 21.7 Å². The van der Waals surface area contributed by atoms with Gasteiger partial charge in [0.05, 0.1) is 10.5 Å². The van der Waals surface area contributed by atoms with E-state index in [2.05, 4.69) is 10.2 Å². The van der Waals surface area contributed by atoms with Crippen molar-refractivity contribution in [2.75, 3.05) is 0 Å². The van der Waals surface area contributed by atoms with Gasteiger partial charge in [0.25, 0.3) is 0 Å². The van der Waals surface area contributed by atoms with Crippen LogP contribution < -0.4 is 0 Å². The van der Waals surface area contributed by atoms with Gasteiger partial charge in [-0.3, -0.25) is 10.1 Å². The normalized spacial score (nSPS) is 11.1. The predicted molar refractivity (Wildman–Crippen MR) is 68.3 cm³/mol. The zero-order chi connectivity index (χ0) is 15.7. The molecule has 1 aromatic heterocycles. The van der Waals surface area contributed by atoms with Gasteiger partial charge in [-0.25, -0.2) is 4.39 Å². The zero-order valence-electron chi connectivity index (χ0n) is 11.2. The molecule has 0 unspecified atom stereocenters. The van der Waals surface area contributed by atoms with Crippen LogP contribution in [0.5, 0.6) is 0 Å². The van der Waals surface area contributed by atoms with E-state index in [0.717, 1.165) is 12.1 Å². The first-order valence-electron chi connectivity index (χ1n) is 6.05. The lowest BCUT2D eigenvalue weighted by Gasteiger charge is -2.13. The van der Waals surface area contributed by atoms with Crippen molar-refractivity contribution in [3.63, 3.8) is 0 Å². The monoisotopic (exact) mass is 298 g/mol. The first kappa shape index (κ1) is 15.0. The fourth-order valence-corrected chi connectivity index (χ4v) is 2.03. The molecule has 112 valence electrons. The largest absolute Gasteiger partial charge is 0.388 e. The lowest BCUT2D eigenvalue weighted by Crippen LogP contribution is -2.10. The molecule has 1 N–H and O–H groups in total. The summed E-state index contributed by atoms with van der Waals surface area (Å²) in [4.78, 5) is 9.81. The van der Waals surface area contributed by atoms with Crippen LogP contribution in [0.2, 0.25) is 0 Å². The molecule has 2 rings (SSSR count). The van der Waals surface area contributed by atoms with Gasteiger partial charge in [0.2, 0.25) is 5.82 Å². The number of aliphatic hydroxyl groups excluding tert-OH is 1. The van der Waals surface area contributed by atoms with E-state index >= 15 is 0 Å². The van der Waals surface area contributed by atoms with Gasteiger partial charge < -0.3 is 9.67 Å². The zero-order valence-corrected chi connectivity index (χ0v) is 11.2. The minimum atomic E-state index is -1.32. The molecule has 0 aliphatic carbocycles. The second kappa shape index (κ2) is 5.52. The number of aliphatic hydroxyl groups is 1. The molecule has 0 amide bonds. The molecule has 0 fully saturated rings. The predicted octanol–water partition coefficient (Wildman–Crippen LogP) is 2.20. The van der Waals surface area contributed by atoms with Gasteiger partial charge in [-0.1, -0.05) is 0 Å². The van der Waals surface area contributed by atoms with Gasteiger partial charge in [-0.15, -0.1) is 10.2 Å². The van der Waals surface area contributed by atoms with Crippen LogP contribution in [0.15, 0.2) is 12.1 Å². The van der Waals surface area contributed by atoms with Crippen molar-refractivity contribution in [3.05, 3.63) is 39.7 Å². The molecular weight excluding hydrogens is 286 g/mol. The maximum Gasteiger partial charge on any atom is 0.305 e. The number of nitrogens with zero attached hydrogens (tertiary/aromatic N) is 4. The molecule has 21 heavy (non-hydrogen) atoms. The minimum absolute atomic E-state index is 0.116. The first-order chi connectivity index (χ1) is 9.88. The number of hydrogen-bond acceptors (Lipinski definition) is 5. The number of nitro benzene ring substituents is 1. The van der Waals surface area contributed by atoms with E-state index in [1.54, 1.807) is 13.8 Å². The average Bonchev–Trinajstić information content (AvgIpc) is 2.82. The molecule has 0 aliphatic rings. The van der Waals surface area contributed by atoms with Gasteiger partial charge in [0, 0.05) is 12.1 Å². The number of benzene rings is 1. The van der Waals surface area contributed by atoms with Crippen molar-refractivity contribution in [3.8, 4) is 11.4 Å². The summed E-state index contributed by atoms with van der Waals surface area (Å²) < 4.78 is 29.5. The molecule has 0 spiro atoms. The van der Waals surface area contributed by atoms with Crippen LogP contribution in [0.25, 0.3) is 11.4 Å². The highest BCUT2D eigenvalue weighted by Gasteiger charge is 2.27. The maximum atomic E-state index is 14.2. The quantitative estimate of drug-likeness (QED) is 0.689. The minimum Gasteiger partial charge on any atom is -0.388 e. The van der Waals surface area contributed by atoms with Crippen molar-refractivity contribution in [2.45, 2.75) is 26.5 Å². The van der Waals surface area contributed by atoms with Gasteiger partial charge in [-0.2, -0.15) is 4.39 Å². The van der Waals surface area contributed by atoms with E-state index in [0.29, 0.717) is 0 Å². The van der Waals surface area contributed by atoms with E-state index in [1.807, 2.05) is 0 Å². The van der Waals surface area contributed by atoms with Gasteiger partial charge >= 0.3 is 5.69 Å². The number of hydrogen-bond donors (Lipinski definition) is 1. The van der Waals surface area contributed by atoms with Gasteiger partial charge in [0.1, 0.15) is 12.4 Å². The van der Waals surface area contributed by atoms with Crippen molar-refractivity contribution in [1.82, 2.24) is 14.8 Å². The summed E-state index contributed by atoms with van der Waals surface area (Å²) in [5.74, 6) is -2.39. The highest BCUT2D eigenvalue weighted by molar-refractivity contribution is 5.62. The molecule has 2 aromatic rings. The molecule has 0 aliphatic heterocycles. The molecule has 9 heteroatoms. The molecular formula is C12H12F2N4O3. The maximum absolute atomic E-state index is 14.2. The van der Waals surface area contributed by atoms with E-state index < -0.39 is 34.4 Å². The van der Waals surface area contributed by atoms with Crippen molar-refractivity contribution < 1.29 is 18.8 Å². The number of nitro groups is 1. The molecule has 1 heterocycles. The summed E-state index contributed by atoms with van der Waals surface area (Å²) in [5.41, 5.74) is -1.49. The third-order valence-corrected chi connectivity index (χ3v) is 2.92. The summed E-state index contributed by atoms with van der Waals surface area (Å²) >= 11 is 0. The molecule has 7 nitrogen and oxygen atoms in total. The SMILES string of the molecule is CC(C)n1c(CO)nnc1-c1c(F)ccc([N+](=O)[O-])c1F. The number of rotatable bonds is 4. The Kier molecular flexibility index (Phi) is 3.94. The number of aromatic nitrogens is 3. The fourth-order valence-electron chi connectivity index (χ4n) is 2.03. The Morgan fingerprint density at radius 1 is 1.38 bits per heavy atom. The van der Waals surface area contributed by atoms with Crippen LogP contribution in [0.1, 0.15) is 25.7 Å². The lowest BCUT2D eigenvalue weighted by atomic mass is 10.1. The van der Waals surface area contributed by atoms with Crippen molar-refractivity contribution >= 4 is 5.69 Å². The summed E-state index contributed by atoms with van der Waals surface area (Å²) in [7, 11) is 0. The van der Waals surface area contributed by atoms with Crippen LogP contribution in [0.3, 0.4) is 0 Å². The molecule has 0 atom stereocenters. The van der Waals surface area contributed by atoms with Crippen molar-refractivity contribution in [2.24, 2.45) is 0 Å². The highest BCUT2D eigenvalue weighted by atomic mass is 19.1. The Balaban J connectivity index is 2.76. The van der Waals surface area contributed by atoms with Crippen LogP contribution in [-0.2, 0) is 6.61 Å². The Morgan fingerprint density at radius 2 is 2.05 bits per heavy atom. The van der Waals surface area contributed by atoms with Crippen LogP contribution >= 0.6 is 0 Å². The van der Waals surface area contributed by atoms with E-state index in [1.165, 1.54) is 4.57 Å².